The molecule has 0 bridgehead atoms. The Bertz CT molecular complexity index is 519. The van der Waals surface area contributed by atoms with Gasteiger partial charge in [0, 0.05) is 18.5 Å². The number of thiazole rings is 1. The SMILES string of the molecule is C=CCNCc1csc(COc2ccc(C)cc2)n1. The molecule has 0 aliphatic carbocycles. The molecule has 0 spiro atoms. The first-order chi connectivity index (χ1) is 9.28. The van der Waals surface area contributed by atoms with Crippen LogP contribution in [0.4, 0.5) is 0 Å². The number of rotatable bonds is 7. The van der Waals surface area contributed by atoms with Gasteiger partial charge in [-0.05, 0) is 19.1 Å². The molecule has 2 aromatic rings. The van der Waals surface area contributed by atoms with E-state index in [4.69, 9.17) is 4.74 Å². The van der Waals surface area contributed by atoms with Crippen molar-refractivity contribution < 1.29 is 4.74 Å². The standard InChI is InChI=1S/C15H18N2OS/c1-3-8-16-9-13-11-19-15(17-13)10-18-14-6-4-12(2)5-7-14/h3-7,11,16H,1,8-10H2,2H3. The number of aromatic nitrogens is 1. The summed E-state index contributed by atoms with van der Waals surface area (Å²) >= 11 is 1.63. The lowest BCUT2D eigenvalue weighted by atomic mass is 10.2. The highest BCUT2D eigenvalue weighted by Gasteiger charge is 2.02. The van der Waals surface area contributed by atoms with E-state index in [9.17, 15) is 0 Å². The van der Waals surface area contributed by atoms with Crippen LogP contribution in [0.1, 0.15) is 16.3 Å². The number of benzene rings is 1. The highest BCUT2D eigenvalue weighted by atomic mass is 32.1. The van der Waals surface area contributed by atoms with Crippen molar-refractivity contribution >= 4 is 11.3 Å². The van der Waals surface area contributed by atoms with E-state index in [0.717, 1.165) is 29.5 Å². The molecule has 0 aliphatic heterocycles. The van der Waals surface area contributed by atoms with Crippen molar-refractivity contribution in [3.63, 3.8) is 0 Å². The average Bonchev–Trinajstić information content (AvgIpc) is 2.86. The van der Waals surface area contributed by atoms with E-state index in [0.29, 0.717) is 6.61 Å². The molecule has 1 aromatic heterocycles. The van der Waals surface area contributed by atoms with E-state index in [1.807, 2.05) is 30.3 Å². The van der Waals surface area contributed by atoms with E-state index >= 15 is 0 Å². The Morgan fingerprint density at radius 2 is 2.16 bits per heavy atom. The smallest absolute Gasteiger partial charge is 0.140 e. The van der Waals surface area contributed by atoms with Crippen molar-refractivity contribution in [1.82, 2.24) is 10.3 Å². The van der Waals surface area contributed by atoms with E-state index in [1.54, 1.807) is 11.3 Å². The van der Waals surface area contributed by atoms with Crippen LogP contribution in [-0.2, 0) is 13.2 Å². The molecule has 0 amide bonds. The van der Waals surface area contributed by atoms with Gasteiger partial charge in [-0.1, -0.05) is 23.8 Å². The minimum Gasteiger partial charge on any atom is -0.486 e. The average molecular weight is 274 g/mol. The molecule has 3 nitrogen and oxygen atoms in total. The lowest BCUT2D eigenvalue weighted by Gasteiger charge is -2.03. The molecule has 0 saturated heterocycles. The predicted octanol–water partition coefficient (Wildman–Crippen LogP) is 3.31. The van der Waals surface area contributed by atoms with Crippen molar-refractivity contribution in [2.75, 3.05) is 6.54 Å². The van der Waals surface area contributed by atoms with Gasteiger partial charge in [0.2, 0.25) is 0 Å². The first kappa shape index (κ1) is 13.8. The summed E-state index contributed by atoms with van der Waals surface area (Å²) in [5.74, 6) is 0.882. The fraction of sp³-hybridized carbons (Fsp3) is 0.267. The normalized spacial score (nSPS) is 10.4. The summed E-state index contributed by atoms with van der Waals surface area (Å²) in [4.78, 5) is 4.51. The highest BCUT2D eigenvalue weighted by Crippen LogP contribution is 2.16. The minimum absolute atomic E-state index is 0.523. The summed E-state index contributed by atoms with van der Waals surface area (Å²) in [6.07, 6.45) is 1.84. The lowest BCUT2D eigenvalue weighted by molar-refractivity contribution is 0.305. The first-order valence-corrected chi connectivity index (χ1v) is 7.10. The van der Waals surface area contributed by atoms with E-state index in [1.165, 1.54) is 5.56 Å². The summed E-state index contributed by atoms with van der Waals surface area (Å²) in [5.41, 5.74) is 2.28. The Morgan fingerprint density at radius 3 is 2.89 bits per heavy atom. The third kappa shape index (κ3) is 4.50. The predicted molar refractivity (Wildman–Crippen MR) is 79.5 cm³/mol. The van der Waals surface area contributed by atoms with Gasteiger partial charge in [0.05, 0.1) is 5.69 Å². The second-order valence-corrected chi connectivity index (χ2v) is 5.20. The zero-order chi connectivity index (χ0) is 13.5. The van der Waals surface area contributed by atoms with Crippen LogP contribution in [0.5, 0.6) is 5.75 Å². The zero-order valence-electron chi connectivity index (χ0n) is 11.1. The maximum absolute atomic E-state index is 5.70. The van der Waals surface area contributed by atoms with Gasteiger partial charge in [-0.25, -0.2) is 4.98 Å². The third-order valence-corrected chi connectivity index (χ3v) is 3.45. The number of hydrogen-bond donors (Lipinski definition) is 1. The number of nitrogens with one attached hydrogen (secondary N) is 1. The fourth-order valence-corrected chi connectivity index (χ4v) is 2.28. The molecule has 4 heteroatoms. The van der Waals surface area contributed by atoms with E-state index < -0.39 is 0 Å². The number of ether oxygens (including phenoxy) is 1. The molecular formula is C15H18N2OS. The Labute approximate surface area is 118 Å². The molecule has 0 unspecified atom stereocenters. The van der Waals surface area contributed by atoms with Crippen LogP contribution in [0, 0.1) is 6.92 Å². The number of nitrogens with zero attached hydrogens (tertiary/aromatic N) is 1. The molecule has 0 atom stereocenters. The van der Waals surface area contributed by atoms with Crippen molar-refractivity contribution in [2.45, 2.75) is 20.1 Å². The fourth-order valence-electron chi connectivity index (χ4n) is 1.58. The molecule has 0 fully saturated rings. The second kappa shape index (κ2) is 7.07. The van der Waals surface area contributed by atoms with Crippen molar-refractivity contribution in [3.05, 3.63) is 58.6 Å². The van der Waals surface area contributed by atoms with Crippen molar-refractivity contribution in [1.29, 1.82) is 0 Å². The van der Waals surface area contributed by atoms with Gasteiger partial charge < -0.3 is 10.1 Å². The van der Waals surface area contributed by atoms with Crippen LogP contribution in [0.15, 0.2) is 42.3 Å². The minimum atomic E-state index is 0.523. The van der Waals surface area contributed by atoms with Crippen LogP contribution in [-0.4, -0.2) is 11.5 Å². The first-order valence-electron chi connectivity index (χ1n) is 6.22. The van der Waals surface area contributed by atoms with E-state index in [2.05, 4.69) is 29.2 Å². The second-order valence-electron chi connectivity index (χ2n) is 4.25. The van der Waals surface area contributed by atoms with Gasteiger partial charge in [0.1, 0.15) is 17.4 Å². The van der Waals surface area contributed by atoms with Gasteiger partial charge in [0.25, 0.3) is 0 Å². The zero-order valence-corrected chi connectivity index (χ0v) is 11.9. The van der Waals surface area contributed by atoms with Gasteiger partial charge in [-0.3, -0.25) is 0 Å². The van der Waals surface area contributed by atoms with Crippen LogP contribution < -0.4 is 10.1 Å². The summed E-state index contributed by atoms with van der Waals surface area (Å²) in [6.45, 7) is 7.82. The van der Waals surface area contributed by atoms with Gasteiger partial charge >= 0.3 is 0 Å². The Kier molecular flexibility index (Phi) is 5.12. The molecule has 0 aliphatic rings. The summed E-state index contributed by atoms with van der Waals surface area (Å²) in [6, 6.07) is 8.05. The van der Waals surface area contributed by atoms with Crippen LogP contribution >= 0.6 is 11.3 Å². The molecule has 19 heavy (non-hydrogen) atoms. The molecule has 1 aromatic carbocycles. The van der Waals surface area contributed by atoms with Crippen LogP contribution in [0.3, 0.4) is 0 Å². The summed E-state index contributed by atoms with van der Waals surface area (Å²) in [5, 5.41) is 6.29. The van der Waals surface area contributed by atoms with Gasteiger partial charge in [-0.2, -0.15) is 0 Å². The molecule has 0 saturated carbocycles. The number of aryl methyl sites for hydroxylation is 1. The van der Waals surface area contributed by atoms with Crippen molar-refractivity contribution in [2.24, 2.45) is 0 Å². The quantitative estimate of drug-likeness (QED) is 0.621. The molecular weight excluding hydrogens is 256 g/mol. The van der Waals surface area contributed by atoms with Crippen molar-refractivity contribution in [3.8, 4) is 5.75 Å². The number of hydrogen-bond acceptors (Lipinski definition) is 4. The third-order valence-electron chi connectivity index (χ3n) is 2.58. The van der Waals surface area contributed by atoms with E-state index in [-0.39, 0.29) is 0 Å². The van der Waals surface area contributed by atoms with Gasteiger partial charge in [-0.15, -0.1) is 17.9 Å². The molecule has 1 N–H and O–H groups in total. The monoisotopic (exact) mass is 274 g/mol. The molecule has 2 rings (SSSR count). The molecule has 1 heterocycles. The maximum Gasteiger partial charge on any atom is 0.140 e. The summed E-state index contributed by atoms with van der Waals surface area (Å²) in [7, 11) is 0. The molecule has 0 radical (unpaired) electrons. The van der Waals surface area contributed by atoms with Crippen LogP contribution in [0.25, 0.3) is 0 Å². The van der Waals surface area contributed by atoms with Gasteiger partial charge in [0.15, 0.2) is 0 Å². The summed E-state index contributed by atoms with van der Waals surface area (Å²) < 4.78 is 5.70. The Balaban J connectivity index is 1.82. The topological polar surface area (TPSA) is 34.1 Å². The Morgan fingerprint density at radius 1 is 1.37 bits per heavy atom. The van der Waals surface area contributed by atoms with Crippen LogP contribution in [0.2, 0.25) is 0 Å². The molecule has 100 valence electrons. The Hall–Kier alpha value is -1.65. The largest absolute Gasteiger partial charge is 0.486 e. The lowest BCUT2D eigenvalue weighted by Crippen LogP contribution is -2.12. The maximum atomic E-state index is 5.70. The highest BCUT2D eigenvalue weighted by molar-refractivity contribution is 7.09.